The average molecular weight is 190 g/mol. The van der Waals surface area contributed by atoms with E-state index < -0.39 is 0 Å². The van der Waals surface area contributed by atoms with Crippen molar-refractivity contribution in [2.24, 2.45) is 0 Å². The Morgan fingerprint density at radius 2 is 1.07 bits per heavy atom. The third-order valence-corrected chi connectivity index (χ3v) is 2.29. The molecular weight excluding hydrogens is 176 g/mol. The maximum absolute atomic E-state index is 5.60. The van der Waals surface area contributed by atoms with Crippen LogP contribution in [0.1, 0.15) is 22.6 Å². The maximum atomic E-state index is 5.60. The van der Waals surface area contributed by atoms with Crippen LogP contribution in [0.25, 0.3) is 11.5 Å². The zero-order valence-corrected chi connectivity index (χ0v) is 8.97. The lowest BCUT2D eigenvalue weighted by atomic mass is 10.2. The van der Waals surface area contributed by atoms with Crippen molar-refractivity contribution in [1.29, 1.82) is 0 Å². The van der Waals surface area contributed by atoms with Gasteiger partial charge in [0.1, 0.15) is 11.5 Å². The maximum Gasteiger partial charge on any atom is 0.172 e. The highest BCUT2D eigenvalue weighted by molar-refractivity contribution is 5.59. The normalized spacial score (nSPS) is 10.9. The predicted molar refractivity (Wildman–Crippen MR) is 55.4 cm³/mol. The zero-order valence-electron chi connectivity index (χ0n) is 8.97. The molecule has 0 unspecified atom stereocenters. The van der Waals surface area contributed by atoms with Crippen molar-refractivity contribution < 1.29 is 8.83 Å². The molecule has 2 heterocycles. The van der Waals surface area contributed by atoms with Gasteiger partial charge in [-0.1, -0.05) is 0 Å². The Hall–Kier alpha value is -1.44. The van der Waals surface area contributed by atoms with Crippen molar-refractivity contribution in [3.63, 3.8) is 0 Å². The quantitative estimate of drug-likeness (QED) is 0.684. The van der Waals surface area contributed by atoms with E-state index >= 15 is 0 Å². The lowest BCUT2D eigenvalue weighted by Gasteiger charge is -1.95. The smallest absolute Gasteiger partial charge is 0.172 e. The largest absolute Gasteiger partial charge is 0.458 e. The Morgan fingerprint density at radius 1 is 0.714 bits per heavy atom. The first-order valence-electron chi connectivity index (χ1n) is 4.72. The van der Waals surface area contributed by atoms with Gasteiger partial charge in [-0.25, -0.2) is 0 Å². The first-order chi connectivity index (χ1) is 6.58. The molecule has 2 aromatic heterocycles. The van der Waals surface area contributed by atoms with E-state index in [1.54, 1.807) is 0 Å². The molecule has 0 radical (unpaired) electrons. The highest BCUT2D eigenvalue weighted by Crippen LogP contribution is 2.31. The summed E-state index contributed by atoms with van der Waals surface area (Å²) in [5, 5.41) is 0. The van der Waals surface area contributed by atoms with Crippen LogP contribution in [0.2, 0.25) is 0 Å². The molecule has 0 saturated carbocycles. The molecule has 74 valence electrons. The fraction of sp³-hybridized carbons (Fsp3) is 0.333. The summed E-state index contributed by atoms with van der Waals surface area (Å²) in [6.07, 6.45) is 0. The second-order valence-electron chi connectivity index (χ2n) is 3.74. The van der Waals surface area contributed by atoms with Crippen LogP contribution in [-0.2, 0) is 0 Å². The van der Waals surface area contributed by atoms with Crippen molar-refractivity contribution in [1.82, 2.24) is 0 Å². The van der Waals surface area contributed by atoms with Gasteiger partial charge in [-0.15, -0.1) is 0 Å². The summed E-state index contributed by atoms with van der Waals surface area (Å²) in [5.41, 5.74) is 2.25. The number of rotatable bonds is 1. The first-order valence-corrected chi connectivity index (χ1v) is 4.72. The lowest BCUT2D eigenvalue weighted by molar-refractivity contribution is 0.492. The summed E-state index contributed by atoms with van der Waals surface area (Å²) in [6.45, 7) is 7.95. The van der Waals surface area contributed by atoms with Crippen molar-refractivity contribution >= 4 is 0 Å². The Bertz CT molecular complexity index is 416. The van der Waals surface area contributed by atoms with Gasteiger partial charge in [-0.05, 0) is 51.0 Å². The molecule has 2 aromatic rings. The van der Waals surface area contributed by atoms with Gasteiger partial charge >= 0.3 is 0 Å². The number of furan rings is 2. The summed E-state index contributed by atoms with van der Waals surface area (Å²) < 4.78 is 11.2. The fourth-order valence-corrected chi connectivity index (χ4v) is 1.73. The third kappa shape index (κ3) is 1.37. The first kappa shape index (κ1) is 9.13. The molecule has 0 saturated heterocycles. The minimum atomic E-state index is 0.855. The van der Waals surface area contributed by atoms with Gasteiger partial charge in [-0.3, -0.25) is 0 Å². The summed E-state index contributed by atoms with van der Waals surface area (Å²) >= 11 is 0. The van der Waals surface area contributed by atoms with Crippen LogP contribution in [0.3, 0.4) is 0 Å². The molecule has 0 aliphatic carbocycles. The van der Waals surface area contributed by atoms with E-state index in [-0.39, 0.29) is 0 Å². The zero-order chi connectivity index (χ0) is 10.3. The molecule has 0 aromatic carbocycles. The number of hydrogen-bond acceptors (Lipinski definition) is 2. The summed E-state index contributed by atoms with van der Waals surface area (Å²) in [6, 6.07) is 4.04. The lowest BCUT2D eigenvalue weighted by Crippen LogP contribution is -1.75. The Balaban J connectivity index is 2.59. The van der Waals surface area contributed by atoms with Crippen molar-refractivity contribution in [3.05, 3.63) is 34.8 Å². The highest BCUT2D eigenvalue weighted by atomic mass is 16.4. The second kappa shape index (κ2) is 3.05. The highest BCUT2D eigenvalue weighted by Gasteiger charge is 2.14. The van der Waals surface area contributed by atoms with Crippen LogP contribution in [-0.4, -0.2) is 0 Å². The van der Waals surface area contributed by atoms with Crippen LogP contribution in [0.15, 0.2) is 21.0 Å². The Kier molecular flexibility index (Phi) is 1.99. The van der Waals surface area contributed by atoms with Gasteiger partial charge < -0.3 is 8.83 Å². The van der Waals surface area contributed by atoms with E-state index in [2.05, 4.69) is 0 Å². The summed E-state index contributed by atoms with van der Waals surface area (Å²) in [5.74, 6) is 3.55. The standard InChI is InChI=1S/C12H14O2/c1-7-5-9(3)13-11(7)12-8(2)6-10(4)14-12/h5-6H,1-4H3. The molecule has 0 atom stereocenters. The molecule has 0 bridgehead atoms. The van der Waals surface area contributed by atoms with E-state index in [9.17, 15) is 0 Å². The molecule has 0 aliphatic heterocycles. The molecule has 0 aliphatic rings. The predicted octanol–water partition coefficient (Wildman–Crippen LogP) is 3.77. The van der Waals surface area contributed by atoms with Gasteiger partial charge in [-0.2, -0.15) is 0 Å². The minimum Gasteiger partial charge on any atom is -0.458 e. The van der Waals surface area contributed by atoms with E-state index in [0.29, 0.717) is 0 Å². The third-order valence-electron chi connectivity index (χ3n) is 2.29. The second-order valence-corrected chi connectivity index (χ2v) is 3.74. The number of aryl methyl sites for hydroxylation is 4. The molecule has 14 heavy (non-hydrogen) atoms. The summed E-state index contributed by atoms with van der Waals surface area (Å²) in [4.78, 5) is 0. The van der Waals surface area contributed by atoms with E-state index in [1.165, 1.54) is 0 Å². The van der Waals surface area contributed by atoms with Crippen molar-refractivity contribution in [3.8, 4) is 11.5 Å². The SMILES string of the molecule is Cc1cc(C)c(-c2oc(C)cc2C)o1. The van der Waals surface area contributed by atoms with E-state index in [1.807, 2.05) is 39.8 Å². The van der Waals surface area contributed by atoms with Gasteiger partial charge in [0.05, 0.1) is 0 Å². The Labute approximate surface area is 83.5 Å². The number of hydrogen-bond donors (Lipinski definition) is 0. The van der Waals surface area contributed by atoms with Crippen LogP contribution < -0.4 is 0 Å². The molecule has 0 N–H and O–H groups in total. The Morgan fingerprint density at radius 3 is 1.29 bits per heavy atom. The van der Waals surface area contributed by atoms with Gasteiger partial charge in [0, 0.05) is 0 Å². The van der Waals surface area contributed by atoms with Crippen LogP contribution in [0.4, 0.5) is 0 Å². The molecule has 0 fully saturated rings. The van der Waals surface area contributed by atoms with E-state index in [4.69, 9.17) is 8.83 Å². The van der Waals surface area contributed by atoms with Gasteiger partial charge in [0.15, 0.2) is 11.5 Å². The van der Waals surface area contributed by atoms with Crippen molar-refractivity contribution in [2.45, 2.75) is 27.7 Å². The minimum absolute atomic E-state index is 0.855. The molecule has 0 amide bonds. The molecule has 2 rings (SSSR count). The fourth-order valence-electron chi connectivity index (χ4n) is 1.73. The van der Waals surface area contributed by atoms with Gasteiger partial charge in [0.25, 0.3) is 0 Å². The molecular formula is C12H14O2. The monoisotopic (exact) mass is 190 g/mol. The van der Waals surface area contributed by atoms with Crippen LogP contribution in [0.5, 0.6) is 0 Å². The van der Waals surface area contributed by atoms with Gasteiger partial charge in [0.2, 0.25) is 0 Å². The summed E-state index contributed by atoms with van der Waals surface area (Å²) in [7, 11) is 0. The van der Waals surface area contributed by atoms with Crippen molar-refractivity contribution in [2.75, 3.05) is 0 Å². The molecule has 2 nitrogen and oxygen atoms in total. The topological polar surface area (TPSA) is 26.3 Å². The van der Waals surface area contributed by atoms with Crippen LogP contribution >= 0.6 is 0 Å². The molecule has 0 spiro atoms. The molecule has 2 heteroatoms. The van der Waals surface area contributed by atoms with Crippen LogP contribution in [0, 0.1) is 27.7 Å². The average Bonchev–Trinajstić information content (AvgIpc) is 2.55. The van der Waals surface area contributed by atoms with E-state index in [0.717, 1.165) is 34.2 Å².